The molecule has 2 aromatic carbocycles. The fourth-order valence-electron chi connectivity index (χ4n) is 3.08. The van der Waals surface area contributed by atoms with Crippen molar-refractivity contribution in [1.29, 1.82) is 0 Å². The van der Waals surface area contributed by atoms with E-state index < -0.39 is 47.3 Å². The smallest absolute Gasteiger partial charge is 0.286 e. The Morgan fingerprint density at radius 1 is 0.765 bits per heavy atom. The molecule has 14 heteroatoms. The predicted octanol–water partition coefficient (Wildman–Crippen LogP) is 2.53. The number of sulfonamides is 1. The fraction of sp³-hybridized carbons (Fsp3) is 0.150. The molecule has 0 bridgehead atoms. The van der Waals surface area contributed by atoms with Gasteiger partial charge in [-0.2, -0.15) is 16.8 Å². The van der Waals surface area contributed by atoms with Crippen LogP contribution in [0.4, 0.5) is 11.5 Å². The van der Waals surface area contributed by atoms with Crippen molar-refractivity contribution in [1.82, 2.24) is 4.98 Å². The summed E-state index contributed by atoms with van der Waals surface area (Å²) in [6, 6.07) is 17.0. The van der Waals surface area contributed by atoms with E-state index in [1.165, 1.54) is 60.8 Å². The van der Waals surface area contributed by atoms with Gasteiger partial charge < -0.3 is 5.32 Å². The van der Waals surface area contributed by atoms with Crippen LogP contribution in [0.25, 0.3) is 0 Å². The van der Waals surface area contributed by atoms with E-state index in [1.54, 1.807) is 18.2 Å². The van der Waals surface area contributed by atoms with Crippen molar-refractivity contribution in [2.24, 2.45) is 0 Å². The van der Waals surface area contributed by atoms with Gasteiger partial charge in [0.05, 0.1) is 4.90 Å². The van der Waals surface area contributed by atoms with E-state index >= 15 is 0 Å². The fourth-order valence-corrected chi connectivity index (χ4v) is 5.87. The number of aromatic nitrogens is 1. The topological polar surface area (TPSA) is 180 Å². The number of rotatable bonds is 10. The number of hydrogen-bond acceptors (Lipinski definition) is 8. The molecule has 0 aliphatic heterocycles. The largest absolute Gasteiger partial charge is 0.367 e. The Bertz CT molecular complexity index is 1430. The number of nitrogens with zero attached hydrogens (tertiary/aromatic N) is 1. The van der Waals surface area contributed by atoms with E-state index in [4.69, 9.17) is 0 Å². The summed E-state index contributed by atoms with van der Waals surface area (Å²) < 4.78 is 94.4. The van der Waals surface area contributed by atoms with Crippen LogP contribution in [0.1, 0.15) is 17.2 Å². The van der Waals surface area contributed by atoms with Crippen LogP contribution in [0.3, 0.4) is 0 Å². The maximum absolute atomic E-state index is 12.5. The van der Waals surface area contributed by atoms with Gasteiger partial charge in [0.15, 0.2) is 5.37 Å². The molecule has 0 amide bonds. The molecule has 34 heavy (non-hydrogen) atoms. The molecular weight excluding hydrogens is 506 g/mol. The second-order valence-electron chi connectivity index (χ2n) is 7.14. The first-order chi connectivity index (χ1) is 15.9. The van der Waals surface area contributed by atoms with Crippen LogP contribution >= 0.6 is 0 Å². The van der Waals surface area contributed by atoms with E-state index in [9.17, 15) is 34.4 Å². The lowest BCUT2D eigenvalue weighted by Gasteiger charge is -2.22. The van der Waals surface area contributed by atoms with Crippen molar-refractivity contribution >= 4 is 41.8 Å². The predicted molar refractivity (Wildman–Crippen MR) is 126 cm³/mol. The molecule has 4 N–H and O–H groups in total. The summed E-state index contributed by atoms with van der Waals surface area (Å²) in [5.74, 6) is 0.105. The summed E-state index contributed by atoms with van der Waals surface area (Å²) in [5.41, 5.74) is 0.212. The highest BCUT2D eigenvalue weighted by Gasteiger charge is 2.34. The first-order valence-electron chi connectivity index (χ1n) is 9.64. The molecule has 3 rings (SSSR count). The molecular formula is C20H21N3O8S3. The Hall–Kier alpha value is -3.04. The van der Waals surface area contributed by atoms with Crippen molar-refractivity contribution in [2.75, 3.05) is 10.0 Å². The lowest BCUT2D eigenvalue weighted by molar-refractivity contribution is 0.451. The van der Waals surface area contributed by atoms with Gasteiger partial charge in [-0.1, -0.05) is 36.4 Å². The van der Waals surface area contributed by atoms with Crippen LogP contribution in [0.15, 0.2) is 83.9 Å². The van der Waals surface area contributed by atoms with E-state index in [1.807, 2.05) is 0 Å². The quantitative estimate of drug-likeness (QED) is 0.286. The molecule has 2 unspecified atom stereocenters. The van der Waals surface area contributed by atoms with Gasteiger partial charge in [0.2, 0.25) is 0 Å². The third-order valence-corrected chi connectivity index (χ3v) is 8.30. The van der Waals surface area contributed by atoms with Crippen molar-refractivity contribution < 1.29 is 34.4 Å². The third-order valence-electron chi connectivity index (χ3n) is 4.71. The first kappa shape index (κ1) is 25.6. The average Bonchev–Trinajstić information content (AvgIpc) is 2.76. The summed E-state index contributed by atoms with van der Waals surface area (Å²) in [7, 11) is -13.5. The highest BCUT2D eigenvalue weighted by Crippen LogP contribution is 2.29. The minimum atomic E-state index is -4.83. The van der Waals surface area contributed by atoms with Crippen molar-refractivity contribution in [3.63, 3.8) is 0 Å². The van der Waals surface area contributed by atoms with Crippen LogP contribution < -0.4 is 10.0 Å². The monoisotopic (exact) mass is 527 g/mol. The zero-order chi connectivity index (χ0) is 25.0. The van der Waals surface area contributed by atoms with Gasteiger partial charge in [-0.25, -0.2) is 13.4 Å². The Morgan fingerprint density at radius 3 is 1.91 bits per heavy atom. The molecule has 0 radical (unpaired) electrons. The summed E-state index contributed by atoms with van der Waals surface area (Å²) in [6.07, 6.45) is 0.693. The molecule has 0 saturated carbocycles. The minimum absolute atomic E-state index is 0.0848. The molecule has 0 saturated heterocycles. The molecule has 1 aromatic heterocycles. The Balaban J connectivity index is 1.83. The van der Waals surface area contributed by atoms with Crippen LogP contribution in [0.5, 0.6) is 0 Å². The summed E-state index contributed by atoms with van der Waals surface area (Å²) >= 11 is 0. The molecule has 0 fully saturated rings. The second kappa shape index (κ2) is 10.1. The number of pyridine rings is 1. The zero-order valence-electron chi connectivity index (χ0n) is 17.4. The van der Waals surface area contributed by atoms with E-state index in [0.29, 0.717) is 0 Å². The summed E-state index contributed by atoms with van der Waals surface area (Å²) in [6.45, 7) is 0. The molecule has 0 spiro atoms. The zero-order valence-corrected chi connectivity index (χ0v) is 19.8. The molecule has 2 atom stereocenters. The normalized spacial score (nSPS) is 14.2. The van der Waals surface area contributed by atoms with Gasteiger partial charge in [-0.05, 0) is 42.0 Å². The highest BCUT2D eigenvalue weighted by atomic mass is 32.2. The molecule has 0 aliphatic rings. The highest BCUT2D eigenvalue weighted by molar-refractivity contribution is 7.92. The Morgan fingerprint density at radius 2 is 1.38 bits per heavy atom. The molecule has 3 aromatic rings. The minimum Gasteiger partial charge on any atom is -0.367 e. The maximum Gasteiger partial charge on any atom is 0.286 e. The summed E-state index contributed by atoms with van der Waals surface area (Å²) in [4.78, 5) is 3.73. The van der Waals surface area contributed by atoms with E-state index in [0.717, 1.165) is 0 Å². The van der Waals surface area contributed by atoms with Gasteiger partial charge in [-0.3, -0.25) is 13.8 Å². The first-order valence-corrected chi connectivity index (χ1v) is 14.1. The molecule has 182 valence electrons. The SMILES string of the molecule is O=S(=O)(Nc1ccccn1)c1ccc(NC(CC(c2ccccc2)S(=O)(=O)O)S(=O)(=O)O)cc1. The van der Waals surface area contributed by atoms with Gasteiger partial charge in [-0.15, -0.1) is 0 Å². The maximum atomic E-state index is 12.5. The number of hydrogen-bond donors (Lipinski definition) is 4. The van der Waals surface area contributed by atoms with E-state index in [2.05, 4.69) is 15.0 Å². The molecule has 0 aliphatic carbocycles. The molecule has 11 nitrogen and oxygen atoms in total. The summed E-state index contributed by atoms with van der Waals surface area (Å²) in [5, 5.41) is -0.990. The third kappa shape index (κ3) is 6.74. The van der Waals surface area contributed by atoms with Gasteiger partial charge >= 0.3 is 0 Å². The van der Waals surface area contributed by atoms with Crippen LogP contribution in [-0.4, -0.2) is 44.7 Å². The molecule has 1 heterocycles. The van der Waals surface area contributed by atoms with Crippen LogP contribution in [0.2, 0.25) is 0 Å². The van der Waals surface area contributed by atoms with Gasteiger partial charge in [0.1, 0.15) is 11.1 Å². The van der Waals surface area contributed by atoms with Gasteiger partial charge in [0, 0.05) is 18.3 Å². The van der Waals surface area contributed by atoms with E-state index in [-0.39, 0.29) is 22.0 Å². The Kier molecular flexibility index (Phi) is 7.57. The van der Waals surface area contributed by atoms with Crippen molar-refractivity contribution in [2.45, 2.75) is 21.9 Å². The number of anilines is 2. The van der Waals surface area contributed by atoms with Gasteiger partial charge in [0.25, 0.3) is 30.3 Å². The lowest BCUT2D eigenvalue weighted by Crippen LogP contribution is -2.32. The number of nitrogens with one attached hydrogen (secondary N) is 2. The van der Waals surface area contributed by atoms with Crippen molar-refractivity contribution in [3.8, 4) is 0 Å². The number of benzene rings is 2. The Labute approximate surface area is 197 Å². The average molecular weight is 528 g/mol. The standard InChI is InChI=1S/C20H21N3O8S3/c24-32(25,23-19-8-4-5-13-21-19)17-11-9-16(10-12-17)22-20(34(29,30)31)14-18(33(26,27)28)15-6-2-1-3-7-15/h1-13,18,20,22H,14H2,(H,21,23)(H,26,27,28)(H,29,30,31). The lowest BCUT2D eigenvalue weighted by atomic mass is 10.1. The van der Waals surface area contributed by atoms with Crippen LogP contribution in [-0.2, 0) is 30.3 Å². The van der Waals surface area contributed by atoms with Crippen LogP contribution in [0, 0.1) is 0 Å². The van der Waals surface area contributed by atoms with Crippen molar-refractivity contribution in [3.05, 3.63) is 84.6 Å². The second-order valence-corrected chi connectivity index (χ2v) is 12.0.